The Kier molecular flexibility index (Phi) is 3.87. The third kappa shape index (κ3) is 3.44. The Morgan fingerprint density at radius 3 is 3.09 bits per heavy atom. The second-order valence-electron chi connectivity index (χ2n) is 5.95. The summed E-state index contributed by atoms with van der Waals surface area (Å²) in [4.78, 5) is 22.6. The van der Waals surface area contributed by atoms with Crippen LogP contribution in [0.4, 0.5) is 9.93 Å². The molecule has 1 N–H and O–H groups in total. The molecule has 0 spiro atoms. The molecule has 2 fully saturated rings. The number of ether oxygens (including phenoxy) is 1. The van der Waals surface area contributed by atoms with E-state index >= 15 is 0 Å². The van der Waals surface area contributed by atoms with Gasteiger partial charge in [0.2, 0.25) is 0 Å². The van der Waals surface area contributed by atoms with Crippen LogP contribution in [-0.2, 0) is 0 Å². The molecule has 1 aliphatic carbocycles. The topological polar surface area (TPSA) is 67.4 Å². The van der Waals surface area contributed by atoms with Gasteiger partial charge in [-0.15, -0.1) is 11.3 Å². The van der Waals surface area contributed by atoms with Crippen molar-refractivity contribution in [2.24, 2.45) is 0 Å². The largest absolute Gasteiger partial charge is 0.487 e. The SMILES string of the molecule is O=C(Nc1nc(C2CC2)cs1)N1CC[C@H](Oc2cccnc2)C1. The van der Waals surface area contributed by atoms with E-state index in [0.29, 0.717) is 24.1 Å². The molecule has 3 heterocycles. The molecule has 0 unspecified atom stereocenters. The molecule has 7 heteroatoms. The van der Waals surface area contributed by atoms with Gasteiger partial charge in [-0.05, 0) is 25.0 Å². The molecule has 1 saturated carbocycles. The molecule has 0 aromatic carbocycles. The van der Waals surface area contributed by atoms with Crippen LogP contribution in [0.5, 0.6) is 5.75 Å². The molecule has 23 heavy (non-hydrogen) atoms. The van der Waals surface area contributed by atoms with E-state index in [0.717, 1.165) is 17.9 Å². The van der Waals surface area contributed by atoms with Gasteiger partial charge >= 0.3 is 6.03 Å². The van der Waals surface area contributed by atoms with Gasteiger partial charge in [0.15, 0.2) is 5.13 Å². The van der Waals surface area contributed by atoms with Gasteiger partial charge in [0.05, 0.1) is 18.4 Å². The summed E-state index contributed by atoms with van der Waals surface area (Å²) >= 11 is 1.50. The number of hydrogen-bond donors (Lipinski definition) is 1. The Balaban J connectivity index is 1.30. The number of pyridine rings is 1. The van der Waals surface area contributed by atoms with E-state index in [1.165, 1.54) is 24.2 Å². The van der Waals surface area contributed by atoms with Gasteiger partial charge in [-0.2, -0.15) is 0 Å². The number of likely N-dealkylation sites (tertiary alicyclic amines) is 1. The lowest BCUT2D eigenvalue weighted by molar-refractivity contribution is 0.194. The average Bonchev–Trinajstić information content (AvgIpc) is 3.13. The van der Waals surface area contributed by atoms with Crippen LogP contribution in [0.25, 0.3) is 0 Å². The van der Waals surface area contributed by atoms with Crippen molar-refractivity contribution in [3.63, 3.8) is 0 Å². The fourth-order valence-electron chi connectivity index (χ4n) is 2.70. The van der Waals surface area contributed by atoms with Crippen LogP contribution in [0.15, 0.2) is 29.9 Å². The lowest BCUT2D eigenvalue weighted by atomic mass is 10.3. The van der Waals surface area contributed by atoms with E-state index in [1.807, 2.05) is 17.5 Å². The second kappa shape index (κ2) is 6.16. The molecule has 2 aromatic heterocycles. The van der Waals surface area contributed by atoms with Gasteiger partial charge in [-0.3, -0.25) is 10.3 Å². The van der Waals surface area contributed by atoms with E-state index in [-0.39, 0.29) is 12.1 Å². The van der Waals surface area contributed by atoms with Crippen molar-refractivity contribution in [2.75, 3.05) is 18.4 Å². The van der Waals surface area contributed by atoms with E-state index in [1.54, 1.807) is 17.3 Å². The maximum atomic E-state index is 12.3. The van der Waals surface area contributed by atoms with Crippen LogP contribution in [0, 0.1) is 0 Å². The number of amides is 2. The van der Waals surface area contributed by atoms with E-state index < -0.39 is 0 Å². The molecule has 120 valence electrons. The smallest absolute Gasteiger partial charge is 0.323 e. The minimum Gasteiger partial charge on any atom is -0.487 e. The quantitative estimate of drug-likeness (QED) is 0.935. The number of anilines is 1. The maximum absolute atomic E-state index is 12.3. The first-order valence-electron chi connectivity index (χ1n) is 7.86. The van der Waals surface area contributed by atoms with Gasteiger partial charge in [0.25, 0.3) is 0 Å². The van der Waals surface area contributed by atoms with Crippen LogP contribution in [-0.4, -0.2) is 40.1 Å². The Morgan fingerprint density at radius 2 is 2.30 bits per heavy atom. The maximum Gasteiger partial charge on any atom is 0.323 e. The van der Waals surface area contributed by atoms with Crippen molar-refractivity contribution in [3.8, 4) is 5.75 Å². The van der Waals surface area contributed by atoms with Crippen LogP contribution < -0.4 is 10.1 Å². The highest BCUT2D eigenvalue weighted by Crippen LogP contribution is 2.40. The van der Waals surface area contributed by atoms with Gasteiger partial charge < -0.3 is 9.64 Å². The fraction of sp³-hybridized carbons (Fsp3) is 0.438. The third-order valence-corrected chi connectivity index (χ3v) is 4.88. The van der Waals surface area contributed by atoms with E-state index in [9.17, 15) is 4.79 Å². The van der Waals surface area contributed by atoms with Gasteiger partial charge in [-0.1, -0.05) is 0 Å². The summed E-state index contributed by atoms with van der Waals surface area (Å²) in [6, 6.07) is 3.62. The number of rotatable bonds is 4. The highest BCUT2D eigenvalue weighted by molar-refractivity contribution is 7.13. The predicted molar refractivity (Wildman–Crippen MR) is 88.0 cm³/mol. The highest BCUT2D eigenvalue weighted by atomic mass is 32.1. The summed E-state index contributed by atoms with van der Waals surface area (Å²) in [6.45, 7) is 1.28. The monoisotopic (exact) mass is 330 g/mol. The molecule has 2 aromatic rings. The minimum absolute atomic E-state index is 0.0169. The van der Waals surface area contributed by atoms with Gasteiger partial charge in [-0.25, -0.2) is 9.78 Å². The first-order chi connectivity index (χ1) is 11.3. The number of nitrogens with one attached hydrogen (secondary N) is 1. The van der Waals surface area contributed by atoms with Crippen LogP contribution in [0.1, 0.15) is 30.9 Å². The molecule has 1 aliphatic heterocycles. The van der Waals surface area contributed by atoms with Gasteiger partial charge in [0, 0.05) is 30.5 Å². The van der Waals surface area contributed by atoms with E-state index in [4.69, 9.17) is 4.74 Å². The summed E-state index contributed by atoms with van der Waals surface area (Å²) in [5, 5.41) is 5.63. The second-order valence-corrected chi connectivity index (χ2v) is 6.80. The Hall–Kier alpha value is -2.15. The average molecular weight is 330 g/mol. The zero-order valence-electron chi connectivity index (χ0n) is 12.6. The standard InChI is InChI=1S/C16H18N4O2S/c21-16(19-15-18-14(10-23-15)11-3-4-11)20-7-5-13(9-20)22-12-2-1-6-17-8-12/h1-2,6,8,10-11,13H,3-5,7,9H2,(H,18,19,21)/t13-/m0/s1. The molecule has 2 aliphatic rings. The molecule has 1 atom stereocenters. The lowest BCUT2D eigenvalue weighted by Crippen LogP contribution is -2.34. The van der Waals surface area contributed by atoms with Crippen molar-refractivity contribution >= 4 is 22.5 Å². The molecule has 2 amide bonds. The molecular formula is C16H18N4O2S. The Labute approximate surface area is 138 Å². The summed E-state index contributed by atoms with van der Waals surface area (Å²) in [6.07, 6.45) is 6.69. The molecule has 1 saturated heterocycles. The first kappa shape index (κ1) is 14.4. The lowest BCUT2D eigenvalue weighted by Gasteiger charge is -2.17. The number of nitrogens with zero attached hydrogens (tertiary/aromatic N) is 3. The predicted octanol–water partition coefficient (Wildman–Crippen LogP) is 3.10. The zero-order chi connectivity index (χ0) is 15.6. The summed E-state index contributed by atoms with van der Waals surface area (Å²) < 4.78 is 5.85. The third-order valence-electron chi connectivity index (χ3n) is 4.10. The number of aromatic nitrogens is 2. The Bertz CT molecular complexity index is 686. The van der Waals surface area contributed by atoms with Crippen molar-refractivity contribution in [1.82, 2.24) is 14.9 Å². The van der Waals surface area contributed by atoms with Crippen LogP contribution in [0.2, 0.25) is 0 Å². The molecule has 0 radical (unpaired) electrons. The fourth-order valence-corrected chi connectivity index (χ4v) is 3.48. The molecule has 0 bridgehead atoms. The first-order valence-corrected chi connectivity index (χ1v) is 8.74. The van der Waals surface area contributed by atoms with Crippen LogP contribution >= 0.6 is 11.3 Å². The number of thiazole rings is 1. The number of carbonyl (C=O) groups is 1. The molecular weight excluding hydrogens is 312 g/mol. The van der Waals surface area contributed by atoms with E-state index in [2.05, 4.69) is 15.3 Å². The Morgan fingerprint density at radius 1 is 1.39 bits per heavy atom. The number of urea groups is 1. The normalized spacial score (nSPS) is 20.5. The summed E-state index contributed by atoms with van der Waals surface area (Å²) in [5.74, 6) is 1.36. The van der Waals surface area contributed by atoms with Gasteiger partial charge in [0.1, 0.15) is 11.9 Å². The van der Waals surface area contributed by atoms with Crippen molar-refractivity contribution in [2.45, 2.75) is 31.3 Å². The number of carbonyl (C=O) groups excluding carboxylic acids is 1. The van der Waals surface area contributed by atoms with Crippen molar-refractivity contribution in [1.29, 1.82) is 0 Å². The van der Waals surface area contributed by atoms with Crippen LogP contribution in [0.3, 0.4) is 0 Å². The minimum atomic E-state index is -0.0982. The van der Waals surface area contributed by atoms with Crippen molar-refractivity contribution in [3.05, 3.63) is 35.6 Å². The zero-order valence-corrected chi connectivity index (χ0v) is 13.5. The highest BCUT2D eigenvalue weighted by Gasteiger charge is 2.29. The number of hydrogen-bond acceptors (Lipinski definition) is 5. The molecule has 4 rings (SSSR count). The van der Waals surface area contributed by atoms with Crippen molar-refractivity contribution < 1.29 is 9.53 Å². The molecule has 6 nitrogen and oxygen atoms in total. The summed E-state index contributed by atoms with van der Waals surface area (Å²) in [7, 11) is 0. The summed E-state index contributed by atoms with van der Waals surface area (Å²) in [5.41, 5.74) is 1.12.